The summed E-state index contributed by atoms with van der Waals surface area (Å²) >= 11 is 0. The van der Waals surface area contributed by atoms with E-state index in [2.05, 4.69) is 62.8 Å². The Morgan fingerprint density at radius 1 is 1.16 bits per heavy atom. The van der Waals surface area contributed by atoms with Gasteiger partial charge < -0.3 is 19.6 Å². The highest BCUT2D eigenvalue weighted by atomic mass is 127. The molecule has 9 nitrogen and oxygen atoms in total. The molecule has 1 aromatic heterocycles. The predicted molar refractivity (Wildman–Crippen MR) is 136 cm³/mol. The third-order valence-corrected chi connectivity index (χ3v) is 6.09. The number of piperazine rings is 1. The maximum absolute atomic E-state index is 12.8. The van der Waals surface area contributed by atoms with Crippen LogP contribution in [0.2, 0.25) is 0 Å². The zero-order valence-electron chi connectivity index (χ0n) is 20.2. The lowest BCUT2D eigenvalue weighted by molar-refractivity contribution is -0.135. The number of amides is 1. The van der Waals surface area contributed by atoms with E-state index in [1.807, 2.05) is 0 Å². The smallest absolute Gasteiger partial charge is 0.236 e. The summed E-state index contributed by atoms with van der Waals surface area (Å²) in [4.78, 5) is 28.2. The van der Waals surface area contributed by atoms with Crippen LogP contribution in [-0.4, -0.2) is 96.1 Å². The number of hydrogen-bond acceptors (Lipinski definition) is 6. The maximum atomic E-state index is 12.8. The van der Waals surface area contributed by atoms with Gasteiger partial charge >= 0.3 is 0 Å². The van der Waals surface area contributed by atoms with E-state index >= 15 is 0 Å². The van der Waals surface area contributed by atoms with Gasteiger partial charge in [0.05, 0.1) is 6.54 Å². The van der Waals surface area contributed by atoms with Crippen molar-refractivity contribution in [1.82, 2.24) is 30.2 Å². The minimum atomic E-state index is 0. The van der Waals surface area contributed by atoms with E-state index in [-0.39, 0.29) is 35.8 Å². The first-order chi connectivity index (χ1) is 14.9. The Morgan fingerprint density at radius 2 is 1.81 bits per heavy atom. The average Bonchev–Trinajstić information content (AvgIpc) is 3.21. The van der Waals surface area contributed by atoms with Gasteiger partial charge in [0.15, 0.2) is 11.8 Å². The molecule has 0 spiro atoms. The van der Waals surface area contributed by atoms with Crippen LogP contribution in [0.1, 0.15) is 51.7 Å². The maximum Gasteiger partial charge on any atom is 0.236 e. The number of likely N-dealkylation sites (tertiary alicyclic amines) is 1. The molecule has 2 unspecified atom stereocenters. The Kier molecular flexibility index (Phi) is 10.7. The summed E-state index contributed by atoms with van der Waals surface area (Å²) in [5.74, 6) is 4.02. The van der Waals surface area contributed by atoms with E-state index in [0.717, 1.165) is 51.1 Å². The van der Waals surface area contributed by atoms with Crippen LogP contribution in [0, 0.1) is 11.8 Å². The monoisotopic (exact) mass is 561 g/mol. The van der Waals surface area contributed by atoms with E-state index in [9.17, 15) is 4.79 Å². The lowest BCUT2D eigenvalue weighted by atomic mass is 9.92. The third kappa shape index (κ3) is 7.57. The van der Waals surface area contributed by atoms with Crippen LogP contribution in [-0.2, 0) is 11.2 Å². The lowest BCUT2D eigenvalue weighted by Gasteiger charge is -2.39. The van der Waals surface area contributed by atoms with E-state index in [1.165, 1.54) is 6.42 Å². The van der Waals surface area contributed by atoms with Gasteiger partial charge in [-0.1, -0.05) is 32.9 Å². The summed E-state index contributed by atoms with van der Waals surface area (Å²) in [6.07, 6.45) is 1.89. The van der Waals surface area contributed by atoms with Gasteiger partial charge in [0.2, 0.25) is 11.8 Å². The van der Waals surface area contributed by atoms with Gasteiger partial charge in [-0.15, -0.1) is 24.0 Å². The Labute approximate surface area is 209 Å². The predicted octanol–water partition coefficient (Wildman–Crippen LogP) is 2.05. The minimum Gasteiger partial charge on any atom is -0.356 e. The topological polar surface area (TPSA) is 90.1 Å². The van der Waals surface area contributed by atoms with E-state index in [0.29, 0.717) is 37.2 Å². The van der Waals surface area contributed by atoms with Crippen molar-refractivity contribution in [2.45, 2.75) is 46.5 Å². The minimum absolute atomic E-state index is 0. The molecule has 2 aliphatic rings. The normalized spacial score (nSPS) is 22.8. The number of carbonyl (C=O) groups excluding carboxylic acids is 1. The molecule has 10 heteroatoms. The molecular weight excluding hydrogens is 521 g/mol. The molecule has 0 saturated carbocycles. The van der Waals surface area contributed by atoms with Crippen LogP contribution in [0.25, 0.3) is 0 Å². The third-order valence-electron chi connectivity index (χ3n) is 6.09. The quantitative estimate of drug-likeness (QED) is 0.323. The standard InChI is InChI=1S/C22H39N7O2.HI/c1-16(2)21-25-19(31-26-21)6-7-24-22(23-5)28-10-8-27(9-11-28)15-20(30)29-13-17(3)12-18(4)14-29;/h16-18H,6-15H2,1-5H3,(H,23,24);1H. The molecule has 1 amide bonds. The number of nitrogens with zero attached hydrogens (tertiary/aromatic N) is 6. The molecule has 3 rings (SSSR count). The second-order valence-electron chi connectivity index (χ2n) is 9.43. The van der Waals surface area contributed by atoms with Crippen molar-refractivity contribution in [2.75, 3.05) is 59.4 Å². The van der Waals surface area contributed by atoms with Crippen LogP contribution in [0.15, 0.2) is 9.52 Å². The molecule has 0 aliphatic carbocycles. The Hall–Kier alpha value is -1.43. The van der Waals surface area contributed by atoms with Crippen LogP contribution in [0.3, 0.4) is 0 Å². The van der Waals surface area contributed by atoms with Gasteiger partial charge in [-0.3, -0.25) is 14.7 Å². The number of hydrogen-bond donors (Lipinski definition) is 1. The number of piperidine rings is 1. The van der Waals surface area contributed by atoms with Crippen molar-refractivity contribution in [3.63, 3.8) is 0 Å². The molecule has 2 atom stereocenters. The number of aliphatic imine (C=N–C) groups is 1. The van der Waals surface area contributed by atoms with Crippen molar-refractivity contribution in [3.05, 3.63) is 11.7 Å². The van der Waals surface area contributed by atoms with Crippen molar-refractivity contribution in [1.29, 1.82) is 0 Å². The molecule has 2 fully saturated rings. The highest BCUT2D eigenvalue weighted by Gasteiger charge is 2.28. The molecule has 32 heavy (non-hydrogen) atoms. The fourth-order valence-corrected chi connectivity index (χ4v) is 4.49. The number of aromatic nitrogens is 2. The van der Waals surface area contributed by atoms with Gasteiger partial charge in [-0.25, -0.2) is 0 Å². The summed E-state index contributed by atoms with van der Waals surface area (Å²) in [6.45, 7) is 15.1. The zero-order valence-corrected chi connectivity index (χ0v) is 22.5. The van der Waals surface area contributed by atoms with Gasteiger partial charge in [0.25, 0.3) is 0 Å². The lowest BCUT2D eigenvalue weighted by Crippen LogP contribution is -2.55. The molecule has 0 bridgehead atoms. The molecule has 0 radical (unpaired) electrons. The second-order valence-corrected chi connectivity index (χ2v) is 9.43. The largest absolute Gasteiger partial charge is 0.356 e. The molecule has 1 aromatic rings. The SMILES string of the molecule is CN=C(NCCc1nc(C(C)C)no1)N1CCN(CC(=O)N2CC(C)CC(C)C2)CC1.I. The second kappa shape index (κ2) is 12.7. The fourth-order valence-electron chi connectivity index (χ4n) is 4.49. The number of halogens is 1. The van der Waals surface area contributed by atoms with Crippen LogP contribution in [0.4, 0.5) is 0 Å². The van der Waals surface area contributed by atoms with Crippen molar-refractivity contribution in [3.8, 4) is 0 Å². The number of carbonyl (C=O) groups is 1. The van der Waals surface area contributed by atoms with Crippen molar-refractivity contribution < 1.29 is 9.32 Å². The Balaban J connectivity index is 0.00000363. The summed E-state index contributed by atoms with van der Waals surface area (Å²) in [6, 6.07) is 0. The molecule has 1 N–H and O–H groups in total. The van der Waals surface area contributed by atoms with E-state index in [1.54, 1.807) is 7.05 Å². The molecule has 182 valence electrons. The first-order valence-corrected chi connectivity index (χ1v) is 11.6. The first kappa shape index (κ1) is 26.8. The van der Waals surface area contributed by atoms with E-state index in [4.69, 9.17) is 4.52 Å². The average molecular weight is 562 g/mol. The van der Waals surface area contributed by atoms with Crippen LogP contribution >= 0.6 is 24.0 Å². The van der Waals surface area contributed by atoms with Gasteiger partial charge in [0, 0.05) is 65.2 Å². The fraction of sp³-hybridized carbons (Fsp3) is 0.818. The first-order valence-electron chi connectivity index (χ1n) is 11.6. The Morgan fingerprint density at radius 3 is 2.38 bits per heavy atom. The van der Waals surface area contributed by atoms with Crippen molar-refractivity contribution in [2.24, 2.45) is 16.8 Å². The highest BCUT2D eigenvalue weighted by Crippen LogP contribution is 2.21. The number of rotatable bonds is 6. The molecule has 3 heterocycles. The Bertz CT molecular complexity index is 736. The molecular formula is C22H40IN7O2. The van der Waals surface area contributed by atoms with Crippen LogP contribution in [0.5, 0.6) is 0 Å². The summed E-state index contributed by atoms with van der Waals surface area (Å²) < 4.78 is 5.30. The summed E-state index contributed by atoms with van der Waals surface area (Å²) in [5, 5.41) is 7.40. The van der Waals surface area contributed by atoms with Gasteiger partial charge in [0.1, 0.15) is 0 Å². The summed E-state index contributed by atoms with van der Waals surface area (Å²) in [7, 11) is 1.81. The zero-order chi connectivity index (χ0) is 22.4. The number of nitrogens with one attached hydrogen (secondary N) is 1. The van der Waals surface area contributed by atoms with E-state index < -0.39 is 0 Å². The molecule has 0 aromatic carbocycles. The van der Waals surface area contributed by atoms with Gasteiger partial charge in [-0.05, 0) is 18.3 Å². The van der Waals surface area contributed by atoms with Gasteiger partial charge in [-0.2, -0.15) is 4.98 Å². The van der Waals surface area contributed by atoms with Crippen molar-refractivity contribution >= 4 is 35.8 Å². The van der Waals surface area contributed by atoms with Crippen LogP contribution < -0.4 is 5.32 Å². The number of guanidine groups is 1. The summed E-state index contributed by atoms with van der Waals surface area (Å²) in [5.41, 5.74) is 0. The molecule has 2 saturated heterocycles. The molecule has 2 aliphatic heterocycles. The highest BCUT2D eigenvalue weighted by molar-refractivity contribution is 14.0.